The van der Waals surface area contributed by atoms with E-state index in [4.69, 9.17) is 0 Å². The van der Waals surface area contributed by atoms with Crippen molar-refractivity contribution in [3.05, 3.63) is 0 Å². The molecule has 0 aliphatic heterocycles. The molecule has 3 heteroatoms. The lowest BCUT2D eigenvalue weighted by atomic mass is 10.8. The van der Waals surface area contributed by atoms with Crippen molar-refractivity contribution in [1.82, 2.24) is 0 Å². The first kappa shape index (κ1) is 15.8. The van der Waals surface area contributed by atoms with Crippen molar-refractivity contribution >= 4 is 0 Å². The number of halogens is 1. The lowest BCUT2D eigenvalue weighted by Crippen LogP contribution is -3.00. The van der Waals surface area contributed by atoms with Gasteiger partial charge in [0.05, 0.1) is 28.2 Å². The van der Waals surface area contributed by atoms with Crippen LogP contribution in [0, 0.1) is 0 Å². The summed E-state index contributed by atoms with van der Waals surface area (Å²) in [6, 6.07) is 0. The van der Waals surface area contributed by atoms with Gasteiger partial charge in [-0.2, -0.15) is 0 Å². The minimum atomic E-state index is 0. The number of rotatable bonds is 0. The molecule has 0 rings (SSSR count). The molecule has 0 atom stereocenters. The molecule has 1 N–H and O–H groups in total. The van der Waals surface area contributed by atoms with Crippen molar-refractivity contribution in [2.24, 2.45) is 0 Å². The molecule has 0 spiro atoms. The molecule has 0 unspecified atom stereocenters. The van der Waals surface area contributed by atoms with Gasteiger partial charge in [-0.15, -0.1) is 0 Å². The van der Waals surface area contributed by atoms with Gasteiger partial charge in [-0.1, -0.05) is 0 Å². The third-order valence-corrected chi connectivity index (χ3v) is 0. The molecular formula is C4H13FNO-. The van der Waals surface area contributed by atoms with Crippen LogP contribution in [0.5, 0.6) is 0 Å². The van der Waals surface area contributed by atoms with Crippen LogP contribution >= 0.6 is 0 Å². The molecule has 0 heterocycles. The van der Waals surface area contributed by atoms with Gasteiger partial charge < -0.3 is 14.7 Å². The molecule has 0 aromatic heterocycles. The minimum Gasteiger partial charge on any atom is -1.00 e. The summed E-state index contributed by atoms with van der Waals surface area (Å²) in [5.74, 6) is 0. The number of hydrogen-bond acceptors (Lipinski definition) is 1. The van der Waals surface area contributed by atoms with Gasteiger partial charge in [-0.25, -0.2) is 0 Å². The monoisotopic (exact) mass is 110 g/mol. The van der Waals surface area contributed by atoms with Crippen molar-refractivity contribution in [2.75, 3.05) is 28.2 Å². The second-order valence-electron chi connectivity index (χ2n) is 2.68. The van der Waals surface area contributed by atoms with E-state index in [1.807, 2.05) is 0 Å². The third-order valence-electron chi connectivity index (χ3n) is 0. The normalized spacial score (nSPS) is 8.57. The van der Waals surface area contributed by atoms with Gasteiger partial charge in [0.2, 0.25) is 0 Å². The first-order chi connectivity index (χ1) is 2.00. The van der Waals surface area contributed by atoms with E-state index in [0.717, 1.165) is 4.48 Å². The summed E-state index contributed by atoms with van der Waals surface area (Å²) < 4.78 is 1.00. The van der Waals surface area contributed by atoms with Crippen molar-refractivity contribution in [1.29, 1.82) is 0 Å². The zero-order chi connectivity index (χ0) is 4.50. The van der Waals surface area contributed by atoms with E-state index < -0.39 is 0 Å². The molecule has 0 saturated heterocycles. The highest BCUT2D eigenvalue weighted by Gasteiger charge is 1.88. The van der Waals surface area contributed by atoms with E-state index in [-0.39, 0.29) is 10.2 Å². The number of quaternary nitrogens is 1. The van der Waals surface area contributed by atoms with E-state index in [2.05, 4.69) is 28.2 Å². The standard InChI is InChI=1S/C4H12N.FH.H2O/c1-5(2,3)4;;/h1-4H3;1H;1H2/q+1;;/p-2. The Balaban J connectivity index is -0.0000000800. The fraction of sp³-hybridized carbons (Fsp3) is 1.00. The van der Waals surface area contributed by atoms with E-state index in [0.29, 0.717) is 0 Å². The van der Waals surface area contributed by atoms with E-state index >= 15 is 0 Å². The Morgan fingerprint density at radius 3 is 0.857 bits per heavy atom. The number of hydrogen-bond donors (Lipinski definition) is 0. The second-order valence-corrected chi connectivity index (χ2v) is 2.68. The molecule has 7 heavy (non-hydrogen) atoms. The Labute approximate surface area is 44.0 Å². The van der Waals surface area contributed by atoms with E-state index in [1.54, 1.807) is 0 Å². The second kappa shape index (κ2) is 4.02. The summed E-state index contributed by atoms with van der Waals surface area (Å²) in [6.07, 6.45) is 0. The Kier molecular flexibility index (Phi) is 9.08. The summed E-state index contributed by atoms with van der Waals surface area (Å²) in [6.45, 7) is 0. The largest absolute Gasteiger partial charge is 1.00 e. The topological polar surface area (TPSA) is 30.0 Å². The molecule has 48 valence electrons. The predicted molar refractivity (Wildman–Crippen MR) is 25.9 cm³/mol. The highest BCUT2D eigenvalue weighted by atomic mass is 19.0. The average Bonchev–Trinajstić information content (AvgIpc) is 0.722. The highest BCUT2D eigenvalue weighted by molar-refractivity contribution is 3.87. The SMILES string of the molecule is C[N+](C)(C)C.[F-].[OH-]. The summed E-state index contributed by atoms with van der Waals surface area (Å²) in [7, 11) is 8.50. The maximum Gasteiger partial charge on any atom is 0.0675 e. The van der Waals surface area contributed by atoms with Crippen molar-refractivity contribution in [3.63, 3.8) is 0 Å². The maximum absolute atomic E-state index is 2.12. The lowest BCUT2D eigenvalue weighted by Gasteiger charge is -2.14. The Morgan fingerprint density at radius 2 is 0.857 bits per heavy atom. The molecule has 2 nitrogen and oxygen atoms in total. The number of nitrogens with zero attached hydrogens (tertiary/aromatic N) is 1. The van der Waals surface area contributed by atoms with E-state index in [1.165, 1.54) is 0 Å². The van der Waals surface area contributed by atoms with Gasteiger partial charge >= 0.3 is 0 Å². The van der Waals surface area contributed by atoms with Crippen molar-refractivity contribution in [3.8, 4) is 0 Å². The summed E-state index contributed by atoms with van der Waals surface area (Å²) in [5.41, 5.74) is 0. The van der Waals surface area contributed by atoms with Crippen LogP contribution in [0.1, 0.15) is 0 Å². The maximum atomic E-state index is 2.12. The molecule has 0 amide bonds. The van der Waals surface area contributed by atoms with Crippen LogP contribution < -0.4 is 4.70 Å². The zero-order valence-electron chi connectivity index (χ0n) is 5.27. The van der Waals surface area contributed by atoms with Gasteiger partial charge in [-0.3, -0.25) is 0 Å². The minimum absolute atomic E-state index is 0. The first-order valence-electron chi connectivity index (χ1n) is 1.79. The van der Waals surface area contributed by atoms with Crippen LogP contribution in [0.2, 0.25) is 0 Å². The molecule has 0 radical (unpaired) electrons. The molecule has 0 aliphatic rings. The van der Waals surface area contributed by atoms with Crippen LogP contribution in [-0.2, 0) is 0 Å². The summed E-state index contributed by atoms with van der Waals surface area (Å²) in [4.78, 5) is 0. The molecule has 0 aliphatic carbocycles. The zero-order valence-corrected chi connectivity index (χ0v) is 5.27. The molecule has 0 bridgehead atoms. The lowest BCUT2D eigenvalue weighted by molar-refractivity contribution is -0.849. The van der Waals surface area contributed by atoms with Gasteiger partial charge in [0.1, 0.15) is 0 Å². The van der Waals surface area contributed by atoms with Gasteiger partial charge in [0.25, 0.3) is 0 Å². The van der Waals surface area contributed by atoms with Crippen molar-refractivity contribution < 1.29 is 14.7 Å². The van der Waals surface area contributed by atoms with E-state index in [9.17, 15) is 0 Å². The molecule has 0 aromatic rings. The third kappa shape index (κ3) is 3850. The summed E-state index contributed by atoms with van der Waals surface area (Å²) >= 11 is 0. The highest BCUT2D eigenvalue weighted by Crippen LogP contribution is 1.73. The van der Waals surface area contributed by atoms with Crippen LogP contribution in [0.4, 0.5) is 0 Å². The Hall–Kier alpha value is -0.150. The van der Waals surface area contributed by atoms with Gasteiger partial charge in [-0.05, 0) is 0 Å². The van der Waals surface area contributed by atoms with Crippen molar-refractivity contribution in [2.45, 2.75) is 0 Å². The average molecular weight is 110 g/mol. The van der Waals surface area contributed by atoms with Crippen LogP contribution in [0.15, 0.2) is 0 Å². The fourth-order valence-corrected chi connectivity index (χ4v) is 0. The molecule has 0 fully saturated rings. The molecule has 0 saturated carbocycles. The van der Waals surface area contributed by atoms with Gasteiger partial charge in [0.15, 0.2) is 0 Å². The smallest absolute Gasteiger partial charge is 0.0675 e. The first-order valence-corrected chi connectivity index (χ1v) is 1.79. The quantitative estimate of drug-likeness (QED) is 0.309. The summed E-state index contributed by atoms with van der Waals surface area (Å²) in [5, 5.41) is 0. The molecular weight excluding hydrogens is 97.0 g/mol. The Bertz CT molecular complexity index is 27.2. The molecule has 0 aromatic carbocycles. The van der Waals surface area contributed by atoms with Crippen LogP contribution in [0.25, 0.3) is 0 Å². The fourth-order valence-electron chi connectivity index (χ4n) is 0. The van der Waals surface area contributed by atoms with Crippen LogP contribution in [0.3, 0.4) is 0 Å². The van der Waals surface area contributed by atoms with Gasteiger partial charge in [0, 0.05) is 0 Å². The predicted octanol–water partition coefficient (Wildman–Crippen LogP) is -2.85. The Morgan fingerprint density at radius 1 is 0.857 bits per heavy atom. The van der Waals surface area contributed by atoms with Crippen LogP contribution in [-0.4, -0.2) is 38.1 Å².